The lowest BCUT2D eigenvalue weighted by Gasteiger charge is -2.20. The molecule has 21 heavy (non-hydrogen) atoms. The summed E-state index contributed by atoms with van der Waals surface area (Å²) in [5.74, 6) is 3.23. The molecular weight excluding hydrogens is 280 g/mol. The van der Waals surface area contributed by atoms with Gasteiger partial charge in [-0.1, -0.05) is 32.9 Å². The van der Waals surface area contributed by atoms with Gasteiger partial charge < -0.3 is 15.0 Å². The molecule has 1 atom stereocenters. The smallest absolute Gasteiger partial charge is 0.118 e. The molecule has 1 aromatic carbocycles. The number of thioether (sulfide) groups is 1. The number of methoxy groups -OCH3 is 1. The van der Waals surface area contributed by atoms with Crippen LogP contribution in [0, 0.1) is 0 Å². The number of ether oxygens (including phenoxy) is 1. The Hall–Kier alpha value is -0.710. The van der Waals surface area contributed by atoms with Gasteiger partial charge in [-0.05, 0) is 37.3 Å². The van der Waals surface area contributed by atoms with E-state index in [1.807, 2.05) is 23.9 Å². The molecule has 0 heterocycles. The molecule has 1 N–H and O–H groups in total. The molecule has 1 rings (SSSR count). The second kappa shape index (κ2) is 10.9. The van der Waals surface area contributed by atoms with E-state index in [4.69, 9.17) is 4.74 Å². The van der Waals surface area contributed by atoms with Gasteiger partial charge in [0.05, 0.1) is 7.11 Å². The van der Waals surface area contributed by atoms with E-state index in [2.05, 4.69) is 43.1 Å². The first kappa shape index (κ1) is 18.3. The first-order valence-electron chi connectivity index (χ1n) is 7.92. The Morgan fingerprint density at radius 1 is 1.14 bits per heavy atom. The van der Waals surface area contributed by atoms with Crippen molar-refractivity contribution >= 4 is 11.8 Å². The zero-order chi connectivity index (χ0) is 15.5. The van der Waals surface area contributed by atoms with Gasteiger partial charge >= 0.3 is 0 Å². The third-order valence-corrected chi connectivity index (χ3v) is 4.74. The Balaban J connectivity index is 2.45. The van der Waals surface area contributed by atoms with Crippen LogP contribution in [0.5, 0.6) is 5.75 Å². The summed E-state index contributed by atoms with van der Waals surface area (Å²) in [5.41, 5.74) is 1.34. The molecule has 0 amide bonds. The Bertz CT molecular complexity index is 366. The van der Waals surface area contributed by atoms with E-state index in [1.54, 1.807) is 7.11 Å². The third kappa shape index (κ3) is 6.72. The van der Waals surface area contributed by atoms with Crippen LogP contribution in [0.25, 0.3) is 0 Å². The summed E-state index contributed by atoms with van der Waals surface area (Å²) in [6, 6.07) is 8.83. The molecule has 0 aliphatic carbocycles. The molecule has 0 saturated carbocycles. The molecule has 0 radical (unpaired) electrons. The predicted molar refractivity (Wildman–Crippen MR) is 94.5 cm³/mol. The average Bonchev–Trinajstić information content (AvgIpc) is 2.54. The number of nitrogens with zero attached hydrogens (tertiary/aromatic N) is 1. The fraction of sp³-hybridized carbons (Fsp3) is 0.647. The monoisotopic (exact) mass is 310 g/mol. The van der Waals surface area contributed by atoms with Crippen molar-refractivity contribution in [2.45, 2.75) is 26.8 Å². The van der Waals surface area contributed by atoms with Crippen LogP contribution in [0.2, 0.25) is 0 Å². The van der Waals surface area contributed by atoms with E-state index in [9.17, 15) is 0 Å². The maximum absolute atomic E-state index is 5.23. The van der Waals surface area contributed by atoms with Gasteiger partial charge in [-0.3, -0.25) is 0 Å². The van der Waals surface area contributed by atoms with Gasteiger partial charge in [0.25, 0.3) is 0 Å². The minimum atomic E-state index is 0.419. The zero-order valence-corrected chi connectivity index (χ0v) is 14.7. The second-order valence-electron chi connectivity index (χ2n) is 4.99. The average molecular weight is 311 g/mol. The molecule has 4 heteroatoms. The summed E-state index contributed by atoms with van der Waals surface area (Å²) in [4.78, 5) is 2.47. The van der Waals surface area contributed by atoms with Gasteiger partial charge in [0.1, 0.15) is 5.75 Å². The molecule has 0 bridgehead atoms. The molecule has 0 aromatic heterocycles. The van der Waals surface area contributed by atoms with Crippen molar-refractivity contribution < 1.29 is 4.74 Å². The van der Waals surface area contributed by atoms with Crippen LogP contribution >= 0.6 is 11.8 Å². The third-order valence-electron chi connectivity index (χ3n) is 3.70. The predicted octanol–water partition coefficient (Wildman–Crippen LogP) is 3.42. The summed E-state index contributed by atoms with van der Waals surface area (Å²) in [7, 11) is 1.71. The Labute approximate surface area is 134 Å². The molecule has 1 aromatic rings. The highest BCUT2D eigenvalue weighted by atomic mass is 32.2. The number of hydrogen-bond acceptors (Lipinski definition) is 4. The second-order valence-corrected chi connectivity index (χ2v) is 6.14. The van der Waals surface area contributed by atoms with Crippen molar-refractivity contribution in [1.29, 1.82) is 0 Å². The van der Waals surface area contributed by atoms with Crippen LogP contribution in [-0.2, 0) is 0 Å². The maximum atomic E-state index is 5.23. The molecule has 120 valence electrons. The molecule has 0 spiro atoms. The number of benzene rings is 1. The summed E-state index contributed by atoms with van der Waals surface area (Å²) < 4.78 is 5.23. The highest BCUT2D eigenvalue weighted by molar-refractivity contribution is 7.99. The number of rotatable bonds is 11. The van der Waals surface area contributed by atoms with Gasteiger partial charge in [-0.25, -0.2) is 0 Å². The van der Waals surface area contributed by atoms with Crippen molar-refractivity contribution in [3.8, 4) is 5.75 Å². The normalized spacial score (nSPS) is 12.6. The van der Waals surface area contributed by atoms with Crippen LogP contribution in [-0.4, -0.2) is 49.7 Å². The Morgan fingerprint density at radius 2 is 1.81 bits per heavy atom. The quantitative estimate of drug-likeness (QED) is 0.633. The van der Waals surface area contributed by atoms with Crippen LogP contribution in [0.1, 0.15) is 32.4 Å². The van der Waals surface area contributed by atoms with Crippen LogP contribution in [0.15, 0.2) is 24.3 Å². The van der Waals surface area contributed by atoms with Crippen molar-refractivity contribution in [3.05, 3.63) is 29.8 Å². The van der Waals surface area contributed by atoms with E-state index >= 15 is 0 Å². The molecule has 3 nitrogen and oxygen atoms in total. The van der Waals surface area contributed by atoms with Crippen molar-refractivity contribution in [2.75, 3.05) is 44.8 Å². The van der Waals surface area contributed by atoms with Gasteiger partial charge in [0.2, 0.25) is 0 Å². The van der Waals surface area contributed by atoms with Crippen molar-refractivity contribution in [3.63, 3.8) is 0 Å². The molecule has 0 aliphatic heterocycles. The molecule has 0 saturated heterocycles. The topological polar surface area (TPSA) is 24.5 Å². The SMILES string of the molecule is CCNC(CSCCN(CC)CC)c1ccc(OC)cc1. The van der Waals surface area contributed by atoms with Crippen LogP contribution in [0.3, 0.4) is 0 Å². The Kier molecular flexibility index (Phi) is 9.55. The fourth-order valence-electron chi connectivity index (χ4n) is 2.29. The largest absolute Gasteiger partial charge is 0.497 e. The lowest BCUT2D eigenvalue weighted by Crippen LogP contribution is -2.27. The lowest BCUT2D eigenvalue weighted by atomic mass is 10.1. The number of hydrogen-bond donors (Lipinski definition) is 1. The first-order valence-corrected chi connectivity index (χ1v) is 9.07. The van der Waals surface area contributed by atoms with Gasteiger partial charge in [-0.2, -0.15) is 11.8 Å². The fourth-order valence-corrected chi connectivity index (χ4v) is 3.39. The van der Waals surface area contributed by atoms with Crippen LogP contribution < -0.4 is 10.1 Å². The Morgan fingerprint density at radius 3 is 2.33 bits per heavy atom. The standard InChI is InChI=1S/C17H30N2OS/c1-5-18-17(14-21-13-12-19(6-2)7-3)15-8-10-16(20-4)11-9-15/h8-11,17-18H,5-7,12-14H2,1-4H3. The summed E-state index contributed by atoms with van der Waals surface area (Å²) >= 11 is 2.03. The van der Waals surface area contributed by atoms with E-state index in [1.165, 1.54) is 17.9 Å². The summed E-state index contributed by atoms with van der Waals surface area (Å²) in [5, 5.41) is 3.58. The van der Waals surface area contributed by atoms with E-state index < -0.39 is 0 Å². The van der Waals surface area contributed by atoms with Crippen molar-refractivity contribution in [1.82, 2.24) is 10.2 Å². The molecular formula is C17H30N2OS. The van der Waals surface area contributed by atoms with Crippen molar-refractivity contribution in [2.24, 2.45) is 0 Å². The first-order chi connectivity index (χ1) is 10.2. The van der Waals surface area contributed by atoms with E-state index in [0.717, 1.165) is 31.1 Å². The van der Waals surface area contributed by atoms with Gasteiger partial charge in [0.15, 0.2) is 0 Å². The molecule has 0 aliphatic rings. The lowest BCUT2D eigenvalue weighted by molar-refractivity contribution is 0.324. The molecule has 1 unspecified atom stereocenters. The van der Waals surface area contributed by atoms with Gasteiger partial charge in [0, 0.05) is 24.1 Å². The van der Waals surface area contributed by atoms with Crippen LogP contribution in [0.4, 0.5) is 0 Å². The maximum Gasteiger partial charge on any atom is 0.118 e. The minimum Gasteiger partial charge on any atom is -0.497 e. The molecule has 0 fully saturated rings. The van der Waals surface area contributed by atoms with Gasteiger partial charge in [-0.15, -0.1) is 0 Å². The highest BCUT2D eigenvalue weighted by Crippen LogP contribution is 2.21. The summed E-state index contributed by atoms with van der Waals surface area (Å²) in [6.45, 7) is 11.1. The number of nitrogens with one attached hydrogen (secondary N) is 1. The summed E-state index contributed by atoms with van der Waals surface area (Å²) in [6.07, 6.45) is 0. The van der Waals surface area contributed by atoms with E-state index in [-0.39, 0.29) is 0 Å². The van der Waals surface area contributed by atoms with E-state index in [0.29, 0.717) is 6.04 Å². The zero-order valence-electron chi connectivity index (χ0n) is 13.9. The minimum absolute atomic E-state index is 0.419. The highest BCUT2D eigenvalue weighted by Gasteiger charge is 2.10.